The number of aryl methyl sites for hydroxylation is 1. The largest absolute Gasteiger partial charge is 0.350 e. The van der Waals surface area contributed by atoms with Gasteiger partial charge in [-0.1, -0.05) is 13.8 Å². The highest BCUT2D eigenvalue weighted by molar-refractivity contribution is 5.92. The quantitative estimate of drug-likeness (QED) is 0.862. The van der Waals surface area contributed by atoms with Crippen LogP contribution in [-0.2, 0) is 6.54 Å². The molecular weight excluding hydrogens is 252 g/mol. The summed E-state index contributed by atoms with van der Waals surface area (Å²) in [5.74, 6) is 0.583. The smallest absolute Gasteiger partial charge is 0.269 e. The highest BCUT2D eigenvalue weighted by atomic mass is 16.2. The third-order valence-electron chi connectivity index (χ3n) is 3.99. The summed E-state index contributed by atoms with van der Waals surface area (Å²) in [5, 5.41) is 7.27. The summed E-state index contributed by atoms with van der Waals surface area (Å²) in [7, 11) is 0. The molecule has 1 aromatic rings. The summed E-state index contributed by atoms with van der Waals surface area (Å²) in [4.78, 5) is 14.7. The van der Waals surface area contributed by atoms with E-state index in [1.165, 1.54) is 19.4 Å². The average molecular weight is 278 g/mol. The van der Waals surface area contributed by atoms with Gasteiger partial charge in [-0.2, -0.15) is 5.10 Å². The van der Waals surface area contributed by atoms with Gasteiger partial charge in [-0.05, 0) is 44.3 Å². The van der Waals surface area contributed by atoms with Crippen LogP contribution < -0.4 is 5.32 Å². The van der Waals surface area contributed by atoms with Crippen molar-refractivity contribution < 1.29 is 4.79 Å². The number of hydrogen-bond acceptors (Lipinski definition) is 3. The highest BCUT2D eigenvalue weighted by Crippen LogP contribution is 2.15. The summed E-state index contributed by atoms with van der Waals surface area (Å²) in [6.07, 6.45) is 5.13. The minimum absolute atomic E-state index is 0.00423. The molecule has 0 unspecified atom stereocenters. The second-order valence-corrected chi connectivity index (χ2v) is 5.55. The number of rotatable bonds is 6. The number of piperidine rings is 1. The van der Waals surface area contributed by atoms with Gasteiger partial charge in [0.2, 0.25) is 0 Å². The molecule has 1 saturated heterocycles. The minimum Gasteiger partial charge on any atom is -0.350 e. The van der Waals surface area contributed by atoms with Crippen LogP contribution >= 0.6 is 0 Å². The number of nitrogens with zero attached hydrogens (tertiary/aromatic N) is 3. The summed E-state index contributed by atoms with van der Waals surface area (Å²) in [6.45, 7) is 9.26. The van der Waals surface area contributed by atoms with Crippen molar-refractivity contribution in [1.29, 1.82) is 0 Å². The Bertz CT molecular complexity index is 429. The lowest BCUT2D eigenvalue weighted by molar-refractivity contribution is 0.0922. The van der Waals surface area contributed by atoms with Crippen LogP contribution in [0.3, 0.4) is 0 Å². The maximum Gasteiger partial charge on any atom is 0.269 e. The van der Waals surface area contributed by atoms with Gasteiger partial charge < -0.3 is 10.2 Å². The lowest BCUT2D eigenvalue weighted by Crippen LogP contribution is -2.41. The Morgan fingerprint density at radius 2 is 2.35 bits per heavy atom. The summed E-state index contributed by atoms with van der Waals surface area (Å²) in [5.41, 5.74) is 0.676. The van der Waals surface area contributed by atoms with Gasteiger partial charge in [-0.25, -0.2) is 0 Å². The van der Waals surface area contributed by atoms with Gasteiger partial charge in [-0.3, -0.25) is 9.48 Å². The Balaban J connectivity index is 1.84. The van der Waals surface area contributed by atoms with Crippen molar-refractivity contribution in [1.82, 2.24) is 20.0 Å². The minimum atomic E-state index is 0.00423. The molecule has 1 aliphatic rings. The Kier molecular flexibility index (Phi) is 5.59. The average Bonchev–Trinajstić information content (AvgIpc) is 2.94. The predicted octanol–water partition coefficient (Wildman–Crippen LogP) is 1.75. The molecule has 1 N–H and O–H groups in total. The molecule has 2 heterocycles. The molecule has 0 aliphatic carbocycles. The van der Waals surface area contributed by atoms with Gasteiger partial charge in [0.1, 0.15) is 5.69 Å². The fraction of sp³-hybridized carbons (Fsp3) is 0.733. The van der Waals surface area contributed by atoms with E-state index in [1.54, 1.807) is 16.9 Å². The first-order valence-corrected chi connectivity index (χ1v) is 7.77. The maximum atomic E-state index is 12.2. The lowest BCUT2D eigenvalue weighted by atomic mass is 9.98. The molecule has 0 bridgehead atoms. The fourth-order valence-corrected chi connectivity index (χ4v) is 2.85. The number of aromatic nitrogens is 2. The van der Waals surface area contributed by atoms with Gasteiger partial charge in [0.25, 0.3) is 5.91 Å². The normalized spacial score (nSPS) is 20.0. The molecule has 1 atom stereocenters. The molecule has 0 radical (unpaired) electrons. The van der Waals surface area contributed by atoms with E-state index in [9.17, 15) is 4.79 Å². The summed E-state index contributed by atoms with van der Waals surface area (Å²) in [6, 6.07) is 1.80. The lowest BCUT2D eigenvalue weighted by Gasteiger charge is -2.31. The predicted molar refractivity (Wildman–Crippen MR) is 79.7 cm³/mol. The van der Waals surface area contributed by atoms with Gasteiger partial charge in [-0.15, -0.1) is 0 Å². The molecule has 20 heavy (non-hydrogen) atoms. The van der Waals surface area contributed by atoms with Crippen molar-refractivity contribution in [2.45, 2.75) is 39.7 Å². The number of nitrogens with one attached hydrogen (secondary N) is 1. The molecule has 112 valence electrons. The first-order chi connectivity index (χ1) is 9.74. The van der Waals surface area contributed by atoms with Crippen LogP contribution in [0.25, 0.3) is 0 Å². The van der Waals surface area contributed by atoms with Crippen molar-refractivity contribution in [2.75, 3.05) is 26.2 Å². The second-order valence-electron chi connectivity index (χ2n) is 5.55. The van der Waals surface area contributed by atoms with Gasteiger partial charge in [0.05, 0.1) is 0 Å². The molecule has 5 nitrogen and oxygen atoms in total. The van der Waals surface area contributed by atoms with Crippen molar-refractivity contribution in [3.8, 4) is 0 Å². The van der Waals surface area contributed by atoms with Gasteiger partial charge >= 0.3 is 0 Å². The van der Waals surface area contributed by atoms with E-state index < -0.39 is 0 Å². The second kappa shape index (κ2) is 7.43. The zero-order valence-corrected chi connectivity index (χ0v) is 12.6. The van der Waals surface area contributed by atoms with Crippen LogP contribution in [0, 0.1) is 5.92 Å². The first-order valence-electron chi connectivity index (χ1n) is 7.77. The number of likely N-dealkylation sites (tertiary alicyclic amines) is 1. The van der Waals surface area contributed by atoms with Crippen LogP contribution in [-0.4, -0.2) is 46.8 Å². The van der Waals surface area contributed by atoms with Crippen LogP contribution in [0.4, 0.5) is 0 Å². The molecule has 1 fully saturated rings. The van der Waals surface area contributed by atoms with Crippen molar-refractivity contribution in [2.24, 2.45) is 5.92 Å². The fourth-order valence-electron chi connectivity index (χ4n) is 2.85. The molecule has 2 rings (SSSR count). The Labute approximate surface area is 121 Å². The van der Waals surface area contributed by atoms with Crippen molar-refractivity contribution >= 4 is 5.91 Å². The number of amides is 1. The molecule has 1 aromatic heterocycles. The third kappa shape index (κ3) is 3.82. The number of carbonyl (C=O) groups is 1. The monoisotopic (exact) mass is 278 g/mol. The van der Waals surface area contributed by atoms with E-state index in [0.717, 1.165) is 32.6 Å². The van der Waals surface area contributed by atoms with Crippen LogP contribution in [0.1, 0.15) is 43.6 Å². The summed E-state index contributed by atoms with van der Waals surface area (Å²) < 4.78 is 1.79. The molecule has 5 heteroatoms. The SMILES string of the molecule is CCCn1nccc1C(=O)NC[C@H]1CCCN(CC)C1. The van der Waals surface area contributed by atoms with E-state index in [-0.39, 0.29) is 5.91 Å². The Morgan fingerprint density at radius 3 is 3.10 bits per heavy atom. The Hall–Kier alpha value is -1.36. The third-order valence-corrected chi connectivity index (χ3v) is 3.99. The molecule has 1 amide bonds. The topological polar surface area (TPSA) is 50.2 Å². The van der Waals surface area contributed by atoms with E-state index in [0.29, 0.717) is 11.6 Å². The number of carbonyl (C=O) groups excluding carboxylic acids is 1. The zero-order chi connectivity index (χ0) is 14.4. The maximum absolute atomic E-state index is 12.2. The first kappa shape index (κ1) is 15.0. The standard InChI is InChI=1S/C15H26N4O/c1-3-9-19-14(7-8-17-19)15(20)16-11-13-6-5-10-18(4-2)12-13/h7-8,13H,3-6,9-12H2,1-2H3,(H,16,20)/t13-/m1/s1. The number of hydrogen-bond donors (Lipinski definition) is 1. The van der Waals surface area contributed by atoms with E-state index in [2.05, 4.69) is 29.2 Å². The van der Waals surface area contributed by atoms with Crippen LogP contribution in [0.15, 0.2) is 12.3 Å². The van der Waals surface area contributed by atoms with Crippen LogP contribution in [0.5, 0.6) is 0 Å². The van der Waals surface area contributed by atoms with Crippen LogP contribution in [0.2, 0.25) is 0 Å². The highest BCUT2D eigenvalue weighted by Gasteiger charge is 2.20. The van der Waals surface area contributed by atoms with Gasteiger partial charge in [0, 0.05) is 25.8 Å². The molecule has 0 spiro atoms. The van der Waals surface area contributed by atoms with E-state index in [1.807, 2.05) is 0 Å². The summed E-state index contributed by atoms with van der Waals surface area (Å²) >= 11 is 0. The zero-order valence-electron chi connectivity index (χ0n) is 12.6. The molecule has 0 aromatic carbocycles. The van der Waals surface area contributed by atoms with E-state index in [4.69, 9.17) is 0 Å². The van der Waals surface area contributed by atoms with Crippen molar-refractivity contribution in [3.05, 3.63) is 18.0 Å². The molecule has 0 saturated carbocycles. The molecule has 1 aliphatic heterocycles. The van der Waals surface area contributed by atoms with Gasteiger partial charge in [0.15, 0.2) is 0 Å². The molecular formula is C15H26N4O. The van der Waals surface area contributed by atoms with Crippen molar-refractivity contribution in [3.63, 3.8) is 0 Å². The van der Waals surface area contributed by atoms with E-state index >= 15 is 0 Å². The Morgan fingerprint density at radius 1 is 1.50 bits per heavy atom.